The van der Waals surface area contributed by atoms with E-state index in [0.717, 1.165) is 12.1 Å². The Hall–Kier alpha value is -1.18. The van der Waals surface area contributed by atoms with Crippen LogP contribution in [0, 0.1) is 12.7 Å². The molecule has 7 heteroatoms. The number of nitrogens with two attached hydrogens (primary N) is 1. The van der Waals surface area contributed by atoms with Gasteiger partial charge < -0.3 is 10.5 Å². The number of nitrogen functional groups attached to an aromatic ring is 1. The van der Waals surface area contributed by atoms with Gasteiger partial charge in [0.15, 0.2) is 0 Å². The first-order valence-corrected chi connectivity index (χ1v) is 6.83. The van der Waals surface area contributed by atoms with Crippen LogP contribution in [0.25, 0.3) is 0 Å². The molecule has 0 radical (unpaired) electrons. The van der Waals surface area contributed by atoms with Crippen molar-refractivity contribution in [3.05, 3.63) is 23.5 Å². The number of hydrogen-bond acceptors (Lipinski definition) is 4. The minimum absolute atomic E-state index is 0.197. The Labute approximate surface area is 106 Å². The number of methoxy groups -OCH3 is 1. The van der Waals surface area contributed by atoms with Crippen LogP contribution in [0.4, 0.5) is 10.1 Å². The third-order valence-electron chi connectivity index (χ3n) is 2.38. The molecular weight excluding hydrogens is 259 g/mol. The van der Waals surface area contributed by atoms with Crippen molar-refractivity contribution in [3.63, 3.8) is 0 Å². The Bertz CT molecular complexity index is 531. The van der Waals surface area contributed by atoms with Gasteiger partial charge in [0.2, 0.25) is 10.0 Å². The topological polar surface area (TPSA) is 81.4 Å². The lowest BCUT2D eigenvalue weighted by atomic mass is 10.2. The highest BCUT2D eigenvalue weighted by Crippen LogP contribution is 2.21. The quantitative estimate of drug-likeness (QED) is 0.787. The molecule has 0 aliphatic heterocycles. The summed E-state index contributed by atoms with van der Waals surface area (Å²) in [7, 11) is -2.48. The van der Waals surface area contributed by atoms with Crippen molar-refractivity contribution >= 4 is 15.7 Å². The van der Waals surface area contributed by atoms with Gasteiger partial charge in [-0.25, -0.2) is 17.5 Å². The fourth-order valence-corrected chi connectivity index (χ4v) is 2.81. The van der Waals surface area contributed by atoms with Gasteiger partial charge in [0, 0.05) is 18.8 Å². The molecule has 0 aliphatic carbocycles. The molecule has 0 aliphatic rings. The van der Waals surface area contributed by atoms with Crippen LogP contribution < -0.4 is 10.5 Å². The largest absolute Gasteiger partial charge is 0.398 e. The molecule has 0 amide bonds. The summed E-state index contributed by atoms with van der Waals surface area (Å²) in [5.41, 5.74) is 6.32. The second-order valence-corrected chi connectivity index (χ2v) is 5.80. The zero-order valence-electron chi connectivity index (χ0n) is 10.5. The molecule has 1 atom stereocenters. The van der Waals surface area contributed by atoms with Gasteiger partial charge in [-0.15, -0.1) is 0 Å². The SMILES string of the molecule is COCC(C)NS(=O)(=O)c1cc(N)c(C)cc1F. The van der Waals surface area contributed by atoms with Crippen LogP contribution in [-0.4, -0.2) is 28.2 Å². The summed E-state index contributed by atoms with van der Waals surface area (Å²) < 4.78 is 44.7. The van der Waals surface area contributed by atoms with Crippen LogP contribution in [0.2, 0.25) is 0 Å². The number of ether oxygens (including phenoxy) is 1. The van der Waals surface area contributed by atoms with Crippen LogP contribution in [0.15, 0.2) is 17.0 Å². The molecule has 0 bridgehead atoms. The maximum absolute atomic E-state index is 13.7. The standard InChI is InChI=1S/C11H17FN2O3S/c1-7-4-9(12)11(5-10(7)13)18(15,16)14-8(2)6-17-3/h4-5,8,14H,6,13H2,1-3H3. The Morgan fingerprint density at radius 2 is 2.11 bits per heavy atom. The number of aryl methyl sites for hydroxylation is 1. The van der Waals surface area contributed by atoms with Crippen molar-refractivity contribution in [2.45, 2.75) is 24.8 Å². The van der Waals surface area contributed by atoms with E-state index in [9.17, 15) is 12.8 Å². The molecule has 0 aromatic heterocycles. The van der Waals surface area contributed by atoms with Crippen molar-refractivity contribution in [2.24, 2.45) is 0 Å². The molecule has 1 rings (SSSR count). The van der Waals surface area contributed by atoms with Crippen LogP contribution in [0.3, 0.4) is 0 Å². The maximum Gasteiger partial charge on any atom is 0.243 e. The Morgan fingerprint density at radius 3 is 2.67 bits per heavy atom. The average Bonchev–Trinajstić information content (AvgIpc) is 2.22. The normalized spacial score (nSPS) is 13.6. The summed E-state index contributed by atoms with van der Waals surface area (Å²) in [4.78, 5) is -0.450. The monoisotopic (exact) mass is 276 g/mol. The van der Waals surface area contributed by atoms with Gasteiger partial charge >= 0.3 is 0 Å². The molecule has 0 spiro atoms. The van der Waals surface area contributed by atoms with Crippen molar-refractivity contribution in [1.29, 1.82) is 0 Å². The molecule has 102 valence electrons. The first kappa shape index (κ1) is 14.9. The third kappa shape index (κ3) is 3.41. The smallest absolute Gasteiger partial charge is 0.243 e. The van der Waals surface area contributed by atoms with Gasteiger partial charge in [0.05, 0.1) is 6.61 Å². The van der Waals surface area contributed by atoms with E-state index in [1.54, 1.807) is 13.8 Å². The summed E-state index contributed by atoms with van der Waals surface area (Å²) in [6.45, 7) is 3.43. The molecule has 0 heterocycles. The van der Waals surface area contributed by atoms with E-state index in [4.69, 9.17) is 10.5 Å². The lowest BCUT2D eigenvalue weighted by Gasteiger charge is -2.14. The van der Waals surface area contributed by atoms with E-state index >= 15 is 0 Å². The van der Waals surface area contributed by atoms with E-state index in [0.29, 0.717) is 5.56 Å². The van der Waals surface area contributed by atoms with Crippen LogP contribution in [0.5, 0.6) is 0 Å². The Morgan fingerprint density at radius 1 is 1.50 bits per heavy atom. The zero-order chi connectivity index (χ0) is 13.9. The molecule has 0 saturated carbocycles. The highest BCUT2D eigenvalue weighted by atomic mass is 32.2. The minimum Gasteiger partial charge on any atom is -0.398 e. The van der Waals surface area contributed by atoms with Gasteiger partial charge in [-0.2, -0.15) is 0 Å². The molecule has 0 saturated heterocycles. The number of sulfonamides is 1. The van der Waals surface area contributed by atoms with E-state index in [2.05, 4.69) is 4.72 Å². The lowest BCUT2D eigenvalue weighted by molar-refractivity contribution is 0.180. The number of rotatable bonds is 5. The van der Waals surface area contributed by atoms with Gasteiger partial charge in [-0.1, -0.05) is 0 Å². The summed E-state index contributed by atoms with van der Waals surface area (Å²) in [6, 6.07) is 1.76. The van der Waals surface area contributed by atoms with Gasteiger partial charge in [-0.05, 0) is 31.5 Å². The highest BCUT2D eigenvalue weighted by Gasteiger charge is 2.22. The third-order valence-corrected chi connectivity index (χ3v) is 3.99. The van der Waals surface area contributed by atoms with Crippen molar-refractivity contribution in [2.75, 3.05) is 19.5 Å². The van der Waals surface area contributed by atoms with Crippen molar-refractivity contribution in [1.82, 2.24) is 4.72 Å². The van der Waals surface area contributed by atoms with Crippen LogP contribution in [-0.2, 0) is 14.8 Å². The average molecular weight is 276 g/mol. The highest BCUT2D eigenvalue weighted by molar-refractivity contribution is 7.89. The summed E-state index contributed by atoms with van der Waals surface area (Å²) in [5, 5.41) is 0. The molecule has 18 heavy (non-hydrogen) atoms. The molecule has 1 unspecified atom stereocenters. The second kappa shape index (κ2) is 5.64. The van der Waals surface area contributed by atoms with E-state index < -0.39 is 26.8 Å². The maximum atomic E-state index is 13.7. The predicted octanol–water partition coefficient (Wildman–Crippen LogP) is 1.03. The Balaban J connectivity index is 3.09. The second-order valence-electron chi connectivity index (χ2n) is 4.12. The van der Waals surface area contributed by atoms with Gasteiger partial charge in [-0.3, -0.25) is 0 Å². The minimum atomic E-state index is -3.94. The van der Waals surface area contributed by atoms with E-state index in [1.807, 2.05) is 0 Å². The van der Waals surface area contributed by atoms with E-state index in [-0.39, 0.29) is 12.3 Å². The number of halogens is 1. The van der Waals surface area contributed by atoms with E-state index in [1.165, 1.54) is 7.11 Å². The fraction of sp³-hybridized carbons (Fsp3) is 0.455. The van der Waals surface area contributed by atoms with Gasteiger partial charge in [0.1, 0.15) is 10.7 Å². The van der Waals surface area contributed by atoms with Crippen molar-refractivity contribution in [3.8, 4) is 0 Å². The molecule has 1 aromatic carbocycles. The number of anilines is 1. The summed E-state index contributed by atoms with van der Waals surface area (Å²) in [6.07, 6.45) is 0. The van der Waals surface area contributed by atoms with Gasteiger partial charge in [0.25, 0.3) is 0 Å². The first-order chi connectivity index (χ1) is 8.27. The first-order valence-electron chi connectivity index (χ1n) is 5.35. The Kier molecular flexibility index (Phi) is 4.66. The molecule has 3 N–H and O–H groups in total. The molecule has 1 aromatic rings. The predicted molar refractivity (Wildman–Crippen MR) is 67.2 cm³/mol. The van der Waals surface area contributed by atoms with Crippen molar-refractivity contribution < 1.29 is 17.5 Å². The van der Waals surface area contributed by atoms with Crippen LogP contribution in [0.1, 0.15) is 12.5 Å². The molecule has 5 nitrogen and oxygen atoms in total. The van der Waals surface area contributed by atoms with Crippen LogP contribution >= 0.6 is 0 Å². The summed E-state index contributed by atoms with van der Waals surface area (Å²) in [5.74, 6) is -0.821. The number of benzene rings is 1. The number of nitrogens with one attached hydrogen (secondary N) is 1. The fourth-order valence-electron chi connectivity index (χ4n) is 1.49. The number of hydrogen-bond donors (Lipinski definition) is 2. The molecule has 0 fully saturated rings. The lowest BCUT2D eigenvalue weighted by Crippen LogP contribution is -2.36. The molecular formula is C11H17FN2O3S. The zero-order valence-corrected chi connectivity index (χ0v) is 11.3. The summed E-state index contributed by atoms with van der Waals surface area (Å²) >= 11 is 0.